The Balaban J connectivity index is 1.09. The van der Waals surface area contributed by atoms with E-state index in [4.69, 9.17) is 28.1 Å². The number of ether oxygens (including phenoxy) is 5. The first kappa shape index (κ1) is 26.3. The van der Waals surface area contributed by atoms with Crippen molar-refractivity contribution in [3.8, 4) is 45.2 Å². The third kappa shape index (κ3) is 5.36. The molecule has 1 unspecified atom stereocenters. The summed E-state index contributed by atoms with van der Waals surface area (Å²) in [7, 11) is 3.20. The molecule has 7 rings (SSSR count). The molecule has 0 N–H and O–H groups in total. The molecular weight excluding hydrogens is 556 g/mol. The van der Waals surface area contributed by atoms with Gasteiger partial charge < -0.3 is 28.1 Å². The Morgan fingerprint density at radius 2 is 1.95 bits per heavy atom. The molecule has 0 radical (unpaired) electrons. The van der Waals surface area contributed by atoms with Crippen LogP contribution in [0.4, 0.5) is 0 Å². The van der Waals surface area contributed by atoms with Gasteiger partial charge in [-0.15, -0.1) is 5.10 Å². The van der Waals surface area contributed by atoms with Crippen molar-refractivity contribution in [3.05, 3.63) is 72.6 Å². The lowest BCUT2D eigenvalue weighted by atomic mass is 10.1. The van der Waals surface area contributed by atoms with Gasteiger partial charge >= 0.3 is 0 Å². The van der Waals surface area contributed by atoms with Crippen molar-refractivity contribution in [2.75, 3.05) is 20.8 Å². The molecule has 4 aromatic heterocycles. The second-order valence-corrected chi connectivity index (χ2v) is 10.8. The van der Waals surface area contributed by atoms with Crippen LogP contribution in [-0.2, 0) is 11.3 Å². The van der Waals surface area contributed by atoms with Crippen molar-refractivity contribution in [2.24, 2.45) is 0 Å². The average Bonchev–Trinajstić information content (AvgIpc) is 3.74. The van der Waals surface area contributed by atoms with E-state index in [1.54, 1.807) is 24.9 Å². The SMILES string of the molecule is COc1cc(OCc2cccc(-c3ccc(OC4CCCCO4)cn3)c2)c2cc(-c3cn4nc(OC)sc4n3)oc2c1. The predicted octanol–water partition coefficient (Wildman–Crippen LogP) is 6.77. The number of fused-ring (bicyclic) bond motifs is 2. The van der Waals surface area contributed by atoms with Crippen molar-refractivity contribution < 1.29 is 28.1 Å². The Labute approximate surface area is 245 Å². The molecule has 1 atom stereocenters. The lowest BCUT2D eigenvalue weighted by molar-refractivity contribution is -0.106. The van der Waals surface area contributed by atoms with Crippen LogP contribution in [0.1, 0.15) is 24.8 Å². The molecule has 11 heteroatoms. The summed E-state index contributed by atoms with van der Waals surface area (Å²) in [5.74, 6) is 2.60. The normalized spacial score (nSPS) is 15.2. The van der Waals surface area contributed by atoms with Crippen molar-refractivity contribution in [2.45, 2.75) is 32.2 Å². The number of methoxy groups -OCH3 is 2. The van der Waals surface area contributed by atoms with Gasteiger partial charge in [-0.05, 0) is 54.0 Å². The van der Waals surface area contributed by atoms with E-state index >= 15 is 0 Å². The fourth-order valence-electron chi connectivity index (χ4n) is 4.89. The minimum atomic E-state index is -0.195. The van der Waals surface area contributed by atoms with Crippen LogP contribution in [-0.4, -0.2) is 46.7 Å². The van der Waals surface area contributed by atoms with Gasteiger partial charge in [-0.3, -0.25) is 4.98 Å². The van der Waals surface area contributed by atoms with Crippen molar-refractivity contribution >= 4 is 27.3 Å². The first-order chi connectivity index (χ1) is 20.6. The van der Waals surface area contributed by atoms with Crippen LogP contribution in [0.25, 0.3) is 38.6 Å². The molecule has 1 aliphatic rings. The zero-order valence-electron chi connectivity index (χ0n) is 23.1. The largest absolute Gasteiger partial charge is 0.496 e. The molecule has 0 aliphatic carbocycles. The van der Waals surface area contributed by atoms with Crippen molar-refractivity contribution in [3.63, 3.8) is 0 Å². The third-order valence-electron chi connectivity index (χ3n) is 7.02. The highest BCUT2D eigenvalue weighted by atomic mass is 32.1. The van der Waals surface area contributed by atoms with E-state index in [0.29, 0.717) is 51.0 Å². The van der Waals surface area contributed by atoms with Crippen LogP contribution >= 0.6 is 11.3 Å². The minimum Gasteiger partial charge on any atom is -0.496 e. The van der Waals surface area contributed by atoms with Gasteiger partial charge in [0.1, 0.15) is 35.1 Å². The molecule has 10 nitrogen and oxygen atoms in total. The third-order valence-corrected chi connectivity index (χ3v) is 7.90. The maximum absolute atomic E-state index is 6.32. The number of nitrogens with zero attached hydrogens (tertiary/aromatic N) is 4. The average molecular weight is 585 g/mol. The topological polar surface area (TPSA) is 102 Å². The summed E-state index contributed by atoms with van der Waals surface area (Å²) in [6, 6.07) is 17.7. The van der Waals surface area contributed by atoms with Crippen LogP contribution in [0.15, 0.2) is 71.4 Å². The molecule has 0 spiro atoms. The van der Waals surface area contributed by atoms with Gasteiger partial charge in [0.05, 0.1) is 44.3 Å². The summed E-state index contributed by atoms with van der Waals surface area (Å²) in [5, 5.41) is 5.71. The quantitative estimate of drug-likeness (QED) is 0.182. The molecule has 214 valence electrons. The Morgan fingerprint density at radius 1 is 1.00 bits per heavy atom. The summed E-state index contributed by atoms with van der Waals surface area (Å²) in [5.41, 5.74) is 4.15. The van der Waals surface area contributed by atoms with E-state index in [9.17, 15) is 0 Å². The molecular formula is C31H28N4O6S. The summed E-state index contributed by atoms with van der Waals surface area (Å²) < 4.78 is 36.5. The summed E-state index contributed by atoms with van der Waals surface area (Å²) in [4.78, 5) is 9.97. The minimum absolute atomic E-state index is 0.195. The van der Waals surface area contributed by atoms with Gasteiger partial charge in [0.25, 0.3) is 5.19 Å². The molecule has 6 aromatic rings. The molecule has 2 aromatic carbocycles. The fraction of sp³-hybridized carbons (Fsp3) is 0.258. The molecule has 0 bridgehead atoms. The Hall–Kier alpha value is -4.61. The zero-order valence-corrected chi connectivity index (χ0v) is 23.9. The Kier molecular flexibility index (Phi) is 7.10. The van der Waals surface area contributed by atoms with Crippen LogP contribution in [0, 0.1) is 0 Å². The lowest BCUT2D eigenvalue weighted by Crippen LogP contribution is -2.24. The maximum atomic E-state index is 6.32. The highest BCUT2D eigenvalue weighted by Crippen LogP contribution is 2.38. The van der Waals surface area contributed by atoms with Gasteiger partial charge in [0, 0.05) is 24.1 Å². The van der Waals surface area contributed by atoms with E-state index in [-0.39, 0.29) is 6.29 Å². The summed E-state index contributed by atoms with van der Waals surface area (Å²) in [6.07, 6.45) is 6.46. The molecule has 1 saturated heterocycles. The number of pyridine rings is 1. The van der Waals surface area contributed by atoms with Crippen LogP contribution in [0.5, 0.6) is 22.4 Å². The number of furan rings is 1. The van der Waals surface area contributed by atoms with Crippen LogP contribution in [0.3, 0.4) is 0 Å². The molecule has 0 amide bonds. The number of aromatic nitrogens is 4. The lowest BCUT2D eigenvalue weighted by Gasteiger charge is -2.23. The number of imidazole rings is 1. The first-order valence-corrected chi connectivity index (χ1v) is 14.5. The maximum Gasteiger partial charge on any atom is 0.294 e. The van der Waals surface area contributed by atoms with Gasteiger partial charge in [-0.1, -0.05) is 18.2 Å². The van der Waals surface area contributed by atoms with Crippen molar-refractivity contribution in [1.82, 2.24) is 19.6 Å². The highest BCUT2D eigenvalue weighted by Gasteiger charge is 2.18. The molecule has 5 heterocycles. The van der Waals surface area contributed by atoms with Gasteiger partial charge in [0.15, 0.2) is 12.1 Å². The van der Waals surface area contributed by atoms with Crippen LogP contribution in [0.2, 0.25) is 0 Å². The number of hydrogen-bond donors (Lipinski definition) is 0. The van der Waals surface area contributed by atoms with Gasteiger partial charge in [-0.25, -0.2) is 9.50 Å². The fourth-order valence-corrected chi connectivity index (χ4v) is 5.59. The van der Waals surface area contributed by atoms with E-state index < -0.39 is 0 Å². The molecule has 0 saturated carbocycles. The summed E-state index contributed by atoms with van der Waals surface area (Å²) in [6.45, 7) is 1.09. The smallest absolute Gasteiger partial charge is 0.294 e. The Bertz CT molecular complexity index is 1810. The van der Waals surface area contributed by atoms with E-state index in [0.717, 1.165) is 48.1 Å². The predicted molar refractivity (Wildman–Crippen MR) is 157 cm³/mol. The van der Waals surface area contributed by atoms with Crippen molar-refractivity contribution in [1.29, 1.82) is 0 Å². The second kappa shape index (κ2) is 11.3. The monoisotopic (exact) mass is 584 g/mol. The number of rotatable bonds is 9. The van der Waals surface area contributed by atoms with E-state index in [1.165, 1.54) is 11.3 Å². The standard InChI is InChI=1S/C31H28N4O6S/c1-36-22-13-26(23-15-28(41-27(23)14-22)25-17-35-30(33-25)42-31(34-35)37-2)39-18-19-6-5-7-20(12-19)24-10-9-21(16-32-24)40-29-8-3-4-11-38-29/h5-7,9-10,12-17,29H,3-4,8,11,18H2,1-2H3. The van der Waals surface area contributed by atoms with E-state index in [1.807, 2.05) is 54.7 Å². The van der Waals surface area contributed by atoms with Gasteiger partial charge in [0.2, 0.25) is 4.96 Å². The second-order valence-electron chi connectivity index (χ2n) is 9.86. The summed E-state index contributed by atoms with van der Waals surface area (Å²) >= 11 is 1.36. The zero-order chi connectivity index (χ0) is 28.5. The Morgan fingerprint density at radius 3 is 2.74 bits per heavy atom. The molecule has 1 aliphatic heterocycles. The van der Waals surface area contributed by atoms with Gasteiger partial charge in [-0.2, -0.15) is 0 Å². The first-order valence-electron chi connectivity index (χ1n) is 13.6. The van der Waals surface area contributed by atoms with Crippen LogP contribution < -0.4 is 18.9 Å². The number of benzene rings is 2. The molecule has 42 heavy (non-hydrogen) atoms. The van der Waals surface area contributed by atoms with E-state index in [2.05, 4.69) is 21.1 Å². The molecule has 1 fully saturated rings. The highest BCUT2D eigenvalue weighted by molar-refractivity contribution is 7.18. The number of hydrogen-bond acceptors (Lipinski definition) is 10.